The number of hydrogen-bond acceptors (Lipinski definition) is 4. The highest BCUT2D eigenvalue weighted by Crippen LogP contribution is 2.25. The molecule has 0 saturated carbocycles. The average Bonchev–Trinajstić information content (AvgIpc) is 2.90. The van der Waals surface area contributed by atoms with Gasteiger partial charge in [0.05, 0.1) is 0 Å². The zero-order valence-electron chi connectivity index (χ0n) is 11.6. The van der Waals surface area contributed by atoms with Crippen LogP contribution in [0.25, 0.3) is 11.1 Å². The van der Waals surface area contributed by atoms with Crippen LogP contribution in [0, 0.1) is 0 Å². The van der Waals surface area contributed by atoms with Crippen LogP contribution in [-0.4, -0.2) is 30.2 Å². The van der Waals surface area contributed by atoms with Gasteiger partial charge in [-0.3, -0.25) is 0 Å². The summed E-state index contributed by atoms with van der Waals surface area (Å²) < 4.78 is 5.92. The fourth-order valence-electron chi connectivity index (χ4n) is 2.72. The summed E-state index contributed by atoms with van der Waals surface area (Å²) >= 11 is 0. The second kappa shape index (κ2) is 5.21. The Morgan fingerprint density at radius 3 is 2.89 bits per heavy atom. The van der Waals surface area contributed by atoms with Crippen LogP contribution in [0.3, 0.4) is 0 Å². The Labute approximate surface area is 113 Å². The molecule has 4 heteroatoms. The third-order valence-electron chi connectivity index (χ3n) is 3.99. The molecule has 0 aliphatic carbocycles. The topological polar surface area (TPSA) is 41.3 Å². The van der Waals surface area contributed by atoms with Crippen LogP contribution >= 0.6 is 0 Å². The second-order valence-corrected chi connectivity index (χ2v) is 5.19. The smallest absolute Gasteiger partial charge is 0.298 e. The number of anilines is 1. The molecule has 19 heavy (non-hydrogen) atoms. The first kappa shape index (κ1) is 12.5. The molecule has 2 heterocycles. The van der Waals surface area contributed by atoms with Gasteiger partial charge in [0.1, 0.15) is 5.52 Å². The van der Waals surface area contributed by atoms with Crippen molar-refractivity contribution >= 4 is 17.1 Å². The Hall–Kier alpha value is -1.55. The van der Waals surface area contributed by atoms with Crippen molar-refractivity contribution in [2.45, 2.75) is 38.8 Å². The lowest BCUT2D eigenvalue weighted by atomic mass is 10.1. The highest BCUT2D eigenvalue weighted by molar-refractivity contribution is 5.74. The molecule has 1 N–H and O–H groups in total. The van der Waals surface area contributed by atoms with Gasteiger partial charge in [-0.05, 0) is 25.0 Å². The zero-order chi connectivity index (χ0) is 13.2. The van der Waals surface area contributed by atoms with E-state index in [4.69, 9.17) is 4.42 Å². The molecule has 102 valence electrons. The van der Waals surface area contributed by atoms with Crippen LogP contribution in [0.1, 0.15) is 26.7 Å². The molecule has 2 aromatic rings. The first-order valence-electron chi connectivity index (χ1n) is 7.17. The number of hydrogen-bond donors (Lipinski definition) is 1. The Kier molecular flexibility index (Phi) is 3.42. The van der Waals surface area contributed by atoms with Crippen LogP contribution in [0.2, 0.25) is 0 Å². The van der Waals surface area contributed by atoms with Gasteiger partial charge in [0.2, 0.25) is 0 Å². The summed E-state index contributed by atoms with van der Waals surface area (Å²) in [7, 11) is 0. The number of para-hydroxylation sites is 2. The van der Waals surface area contributed by atoms with E-state index in [0.717, 1.165) is 43.0 Å². The SMILES string of the molecule is CCC1CN(c2nc3ccccc3o2)C(CC)CN1. The van der Waals surface area contributed by atoms with Crippen LogP contribution in [-0.2, 0) is 0 Å². The van der Waals surface area contributed by atoms with E-state index in [0.29, 0.717) is 12.1 Å². The summed E-state index contributed by atoms with van der Waals surface area (Å²) in [5.41, 5.74) is 1.82. The Bertz CT molecular complexity index is 518. The monoisotopic (exact) mass is 259 g/mol. The van der Waals surface area contributed by atoms with E-state index in [1.165, 1.54) is 0 Å². The lowest BCUT2D eigenvalue weighted by Crippen LogP contribution is -2.56. The summed E-state index contributed by atoms with van der Waals surface area (Å²) in [5.74, 6) is 0. The molecule has 1 aromatic carbocycles. The quantitative estimate of drug-likeness (QED) is 0.920. The molecule has 1 aliphatic heterocycles. The maximum Gasteiger partial charge on any atom is 0.298 e. The molecular weight excluding hydrogens is 238 g/mol. The molecule has 1 aromatic heterocycles. The normalized spacial score (nSPS) is 24.0. The molecule has 0 amide bonds. The first-order valence-corrected chi connectivity index (χ1v) is 7.17. The van der Waals surface area contributed by atoms with Gasteiger partial charge in [-0.25, -0.2) is 0 Å². The third-order valence-corrected chi connectivity index (χ3v) is 3.99. The molecule has 4 nitrogen and oxygen atoms in total. The van der Waals surface area contributed by atoms with Gasteiger partial charge in [0.15, 0.2) is 5.58 Å². The standard InChI is InChI=1S/C15H21N3O/c1-3-11-10-18(12(4-2)9-16-11)15-17-13-7-5-6-8-14(13)19-15/h5-8,11-12,16H,3-4,9-10H2,1-2H3. The Morgan fingerprint density at radius 2 is 2.16 bits per heavy atom. The number of piperazine rings is 1. The van der Waals surface area contributed by atoms with Crippen LogP contribution in [0.15, 0.2) is 28.7 Å². The van der Waals surface area contributed by atoms with Crippen LogP contribution in [0.5, 0.6) is 0 Å². The predicted molar refractivity (Wildman–Crippen MR) is 77.5 cm³/mol. The molecule has 0 spiro atoms. The van der Waals surface area contributed by atoms with Gasteiger partial charge in [0, 0.05) is 25.2 Å². The fraction of sp³-hybridized carbons (Fsp3) is 0.533. The van der Waals surface area contributed by atoms with Gasteiger partial charge in [0.25, 0.3) is 6.01 Å². The third kappa shape index (κ3) is 2.32. The van der Waals surface area contributed by atoms with E-state index < -0.39 is 0 Å². The van der Waals surface area contributed by atoms with Gasteiger partial charge in [-0.2, -0.15) is 4.98 Å². The van der Waals surface area contributed by atoms with E-state index >= 15 is 0 Å². The van der Waals surface area contributed by atoms with E-state index in [9.17, 15) is 0 Å². The van der Waals surface area contributed by atoms with Gasteiger partial charge in [-0.1, -0.05) is 26.0 Å². The minimum Gasteiger partial charge on any atom is -0.423 e. The van der Waals surface area contributed by atoms with E-state index in [1.807, 2.05) is 24.3 Å². The predicted octanol–water partition coefficient (Wildman–Crippen LogP) is 2.79. The Balaban J connectivity index is 1.92. The van der Waals surface area contributed by atoms with Crippen LogP contribution in [0.4, 0.5) is 6.01 Å². The van der Waals surface area contributed by atoms with E-state index in [-0.39, 0.29) is 0 Å². The average molecular weight is 259 g/mol. The van der Waals surface area contributed by atoms with Crippen LogP contribution < -0.4 is 10.2 Å². The van der Waals surface area contributed by atoms with Gasteiger partial charge < -0.3 is 14.6 Å². The maximum atomic E-state index is 5.92. The van der Waals surface area contributed by atoms with E-state index in [2.05, 4.69) is 29.0 Å². The van der Waals surface area contributed by atoms with Crippen molar-refractivity contribution in [3.05, 3.63) is 24.3 Å². The lowest BCUT2D eigenvalue weighted by molar-refractivity contribution is 0.359. The molecule has 0 bridgehead atoms. The summed E-state index contributed by atoms with van der Waals surface area (Å²) in [6, 6.07) is 9.73. The minimum atomic E-state index is 0.468. The van der Waals surface area contributed by atoms with Crippen molar-refractivity contribution in [2.75, 3.05) is 18.0 Å². The Morgan fingerprint density at radius 1 is 1.32 bits per heavy atom. The molecule has 0 radical (unpaired) electrons. The number of aromatic nitrogens is 1. The van der Waals surface area contributed by atoms with Crippen molar-refractivity contribution in [3.63, 3.8) is 0 Å². The van der Waals surface area contributed by atoms with Gasteiger partial charge >= 0.3 is 0 Å². The summed E-state index contributed by atoms with van der Waals surface area (Å²) in [6.07, 6.45) is 2.23. The van der Waals surface area contributed by atoms with Crippen molar-refractivity contribution in [2.24, 2.45) is 0 Å². The van der Waals surface area contributed by atoms with Crippen molar-refractivity contribution in [3.8, 4) is 0 Å². The molecule has 1 saturated heterocycles. The largest absolute Gasteiger partial charge is 0.423 e. The molecule has 1 fully saturated rings. The molecule has 2 unspecified atom stereocenters. The molecule has 2 atom stereocenters. The highest BCUT2D eigenvalue weighted by Gasteiger charge is 2.29. The number of fused-ring (bicyclic) bond motifs is 1. The van der Waals surface area contributed by atoms with Gasteiger partial charge in [-0.15, -0.1) is 0 Å². The summed E-state index contributed by atoms with van der Waals surface area (Å²) in [5, 5.41) is 3.59. The van der Waals surface area contributed by atoms with E-state index in [1.54, 1.807) is 0 Å². The second-order valence-electron chi connectivity index (χ2n) is 5.19. The number of rotatable bonds is 3. The number of benzene rings is 1. The highest BCUT2D eigenvalue weighted by atomic mass is 16.4. The maximum absolute atomic E-state index is 5.92. The molecular formula is C15H21N3O. The number of nitrogens with zero attached hydrogens (tertiary/aromatic N) is 2. The number of oxazole rings is 1. The van der Waals surface area contributed by atoms with Crippen molar-refractivity contribution in [1.82, 2.24) is 10.3 Å². The molecule has 3 rings (SSSR count). The van der Waals surface area contributed by atoms with Crippen molar-refractivity contribution < 1.29 is 4.42 Å². The molecule has 1 aliphatic rings. The zero-order valence-corrected chi connectivity index (χ0v) is 11.6. The first-order chi connectivity index (χ1) is 9.31. The summed E-state index contributed by atoms with van der Waals surface area (Å²) in [4.78, 5) is 6.96. The summed E-state index contributed by atoms with van der Waals surface area (Å²) in [6.45, 7) is 6.41. The fourth-order valence-corrected chi connectivity index (χ4v) is 2.72. The number of nitrogens with one attached hydrogen (secondary N) is 1. The minimum absolute atomic E-state index is 0.468. The lowest BCUT2D eigenvalue weighted by Gasteiger charge is -2.38. The van der Waals surface area contributed by atoms with Crippen molar-refractivity contribution in [1.29, 1.82) is 0 Å².